The lowest BCUT2D eigenvalue weighted by atomic mass is 10.1. The number of alkyl halides is 3. The fraction of sp³-hybridized carbons (Fsp3) is 0.211. The van der Waals surface area contributed by atoms with Crippen LogP contribution in [0.25, 0.3) is 5.69 Å². The van der Waals surface area contributed by atoms with E-state index in [1.54, 1.807) is 0 Å². The van der Waals surface area contributed by atoms with Crippen molar-refractivity contribution < 1.29 is 18.0 Å². The van der Waals surface area contributed by atoms with Gasteiger partial charge in [-0.25, -0.2) is 4.68 Å². The average Bonchev–Trinajstić information content (AvgIpc) is 3.16. The number of aryl methyl sites for hydroxylation is 1. The van der Waals surface area contributed by atoms with Crippen molar-refractivity contribution >= 4 is 5.91 Å². The molecule has 1 amide bonds. The summed E-state index contributed by atoms with van der Waals surface area (Å²) in [5.41, 5.74) is 1.14. The van der Waals surface area contributed by atoms with Crippen LogP contribution in [0, 0.1) is 0 Å². The number of nitrogens with zero attached hydrogens (tertiary/aromatic N) is 3. The highest BCUT2D eigenvalue weighted by atomic mass is 19.4. The molecule has 8 heteroatoms. The van der Waals surface area contributed by atoms with Crippen LogP contribution < -0.4 is 5.32 Å². The van der Waals surface area contributed by atoms with Gasteiger partial charge in [-0.3, -0.25) is 4.79 Å². The van der Waals surface area contributed by atoms with Gasteiger partial charge in [-0.1, -0.05) is 42.5 Å². The Morgan fingerprint density at radius 1 is 1.11 bits per heavy atom. The zero-order valence-electron chi connectivity index (χ0n) is 14.5. The van der Waals surface area contributed by atoms with Crippen molar-refractivity contribution in [3.63, 3.8) is 0 Å². The number of halogens is 3. The molecule has 0 saturated heterocycles. The third kappa shape index (κ3) is 4.33. The standard InChI is InChI=1S/C19H17F3N4O/c1-2-13-7-9-15(10-8-13)26-12-17(24-25-26)18(27)23-11-14-5-3-4-6-16(14)19(20,21)22/h3-10,12H,2,11H2,1H3,(H,23,27). The predicted molar refractivity (Wildman–Crippen MR) is 93.4 cm³/mol. The summed E-state index contributed by atoms with van der Waals surface area (Å²) in [7, 11) is 0. The molecule has 5 nitrogen and oxygen atoms in total. The quantitative estimate of drug-likeness (QED) is 0.739. The minimum Gasteiger partial charge on any atom is -0.346 e. The topological polar surface area (TPSA) is 59.8 Å². The number of carbonyl (C=O) groups excluding carboxylic acids is 1. The summed E-state index contributed by atoms with van der Waals surface area (Å²) >= 11 is 0. The van der Waals surface area contributed by atoms with Crippen LogP contribution in [0.15, 0.2) is 54.7 Å². The van der Waals surface area contributed by atoms with Crippen molar-refractivity contribution in [1.29, 1.82) is 0 Å². The van der Waals surface area contributed by atoms with E-state index in [0.29, 0.717) is 0 Å². The van der Waals surface area contributed by atoms with E-state index >= 15 is 0 Å². The lowest BCUT2D eigenvalue weighted by Gasteiger charge is -2.12. The van der Waals surface area contributed by atoms with Crippen molar-refractivity contribution in [2.45, 2.75) is 26.1 Å². The monoisotopic (exact) mass is 374 g/mol. The molecule has 0 radical (unpaired) electrons. The number of amides is 1. The highest BCUT2D eigenvalue weighted by Crippen LogP contribution is 2.31. The minimum absolute atomic E-state index is 0.0131. The van der Waals surface area contributed by atoms with E-state index in [9.17, 15) is 18.0 Å². The molecule has 0 aliphatic heterocycles. The molecule has 0 unspecified atom stereocenters. The molecule has 1 N–H and O–H groups in total. The van der Waals surface area contributed by atoms with Gasteiger partial charge in [-0.05, 0) is 35.7 Å². The molecule has 27 heavy (non-hydrogen) atoms. The van der Waals surface area contributed by atoms with E-state index < -0.39 is 17.6 Å². The summed E-state index contributed by atoms with van der Waals surface area (Å²) in [5, 5.41) is 10.2. The van der Waals surface area contributed by atoms with Gasteiger partial charge in [-0.2, -0.15) is 13.2 Å². The van der Waals surface area contributed by atoms with Gasteiger partial charge in [0.1, 0.15) is 0 Å². The van der Waals surface area contributed by atoms with Crippen LogP contribution in [-0.4, -0.2) is 20.9 Å². The molecule has 0 fully saturated rings. The van der Waals surface area contributed by atoms with Crippen molar-refractivity contribution in [2.24, 2.45) is 0 Å². The molecule has 2 aromatic carbocycles. The van der Waals surface area contributed by atoms with Crippen LogP contribution in [0.3, 0.4) is 0 Å². The van der Waals surface area contributed by atoms with E-state index in [-0.39, 0.29) is 17.8 Å². The van der Waals surface area contributed by atoms with Crippen molar-refractivity contribution in [1.82, 2.24) is 20.3 Å². The summed E-state index contributed by atoms with van der Waals surface area (Å²) in [4.78, 5) is 12.2. The average molecular weight is 374 g/mol. The molecule has 0 aliphatic rings. The van der Waals surface area contributed by atoms with Gasteiger partial charge < -0.3 is 5.32 Å². The molecule has 3 aromatic rings. The Morgan fingerprint density at radius 3 is 2.48 bits per heavy atom. The number of hydrogen-bond acceptors (Lipinski definition) is 3. The van der Waals surface area contributed by atoms with Crippen LogP contribution in [-0.2, 0) is 19.1 Å². The van der Waals surface area contributed by atoms with E-state index in [2.05, 4.69) is 15.6 Å². The number of carbonyl (C=O) groups is 1. The van der Waals surface area contributed by atoms with Crippen LogP contribution in [0.4, 0.5) is 13.2 Å². The summed E-state index contributed by atoms with van der Waals surface area (Å²) in [6.45, 7) is 1.79. The predicted octanol–water partition coefficient (Wildman–Crippen LogP) is 3.78. The second-order valence-corrected chi connectivity index (χ2v) is 5.91. The van der Waals surface area contributed by atoms with Crippen LogP contribution in [0.1, 0.15) is 34.1 Å². The first kappa shape index (κ1) is 18.6. The Bertz CT molecular complexity index is 933. The first-order valence-corrected chi connectivity index (χ1v) is 8.33. The highest BCUT2D eigenvalue weighted by Gasteiger charge is 2.32. The third-order valence-corrected chi connectivity index (χ3v) is 4.10. The molecular formula is C19H17F3N4O. The number of benzene rings is 2. The summed E-state index contributed by atoms with van der Waals surface area (Å²) in [5.74, 6) is -0.594. The van der Waals surface area contributed by atoms with Gasteiger partial charge in [-0.15, -0.1) is 5.10 Å². The van der Waals surface area contributed by atoms with E-state index in [1.807, 2.05) is 31.2 Å². The first-order valence-electron chi connectivity index (χ1n) is 8.33. The fourth-order valence-corrected chi connectivity index (χ4v) is 2.60. The maximum absolute atomic E-state index is 13.0. The molecule has 1 aromatic heterocycles. The molecule has 0 bridgehead atoms. The van der Waals surface area contributed by atoms with E-state index in [0.717, 1.165) is 18.2 Å². The Labute approximate surface area is 153 Å². The number of hydrogen-bond donors (Lipinski definition) is 1. The zero-order chi connectivity index (χ0) is 19.4. The van der Waals surface area contributed by atoms with Gasteiger partial charge in [0.2, 0.25) is 0 Å². The van der Waals surface area contributed by atoms with Gasteiger partial charge >= 0.3 is 6.18 Å². The molecule has 140 valence electrons. The van der Waals surface area contributed by atoms with Gasteiger partial charge in [0.05, 0.1) is 17.4 Å². The molecule has 1 heterocycles. The normalized spacial score (nSPS) is 11.4. The lowest BCUT2D eigenvalue weighted by molar-refractivity contribution is -0.138. The second-order valence-electron chi connectivity index (χ2n) is 5.91. The van der Waals surface area contributed by atoms with Crippen molar-refractivity contribution in [2.75, 3.05) is 0 Å². The smallest absolute Gasteiger partial charge is 0.346 e. The Morgan fingerprint density at radius 2 is 1.81 bits per heavy atom. The second kappa shape index (κ2) is 7.61. The summed E-state index contributed by atoms with van der Waals surface area (Å²) in [6.07, 6.45) is -2.13. The Balaban J connectivity index is 1.70. The van der Waals surface area contributed by atoms with E-state index in [4.69, 9.17) is 0 Å². The molecular weight excluding hydrogens is 357 g/mol. The van der Waals surface area contributed by atoms with Crippen molar-refractivity contribution in [3.8, 4) is 5.69 Å². The first-order chi connectivity index (χ1) is 12.9. The molecule has 0 saturated carbocycles. The van der Waals surface area contributed by atoms with E-state index in [1.165, 1.54) is 34.6 Å². The third-order valence-electron chi connectivity index (χ3n) is 4.10. The largest absolute Gasteiger partial charge is 0.416 e. The van der Waals surface area contributed by atoms with Crippen LogP contribution in [0.2, 0.25) is 0 Å². The van der Waals surface area contributed by atoms with Crippen LogP contribution in [0.5, 0.6) is 0 Å². The molecule has 0 spiro atoms. The lowest BCUT2D eigenvalue weighted by Crippen LogP contribution is -2.24. The van der Waals surface area contributed by atoms with Gasteiger partial charge in [0, 0.05) is 6.54 Å². The molecule has 0 atom stereocenters. The Kier molecular flexibility index (Phi) is 5.25. The maximum Gasteiger partial charge on any atom is 0.416 e. The minimum atomic E-state index is -4.48. The van der Waals surface area contributed by atoms with Crippen molar-refractivity contribution in [3.05, 3.63) is 77.1 Å². The van der Waals surface area contributed by atoms with Gasteiger partial charge in [0.25, 0.3) is 5.91 Å². The molecule has 3 rings (SSSR count). The number of aromatic nitrogens is 3. The number of nitrogens with one attached hydrogen (secondary N) is 1. The molecule has 0 aliphatic carbocycles. The SMILES string of the molecule is CCc1ccc(-n2cc(C(=O)NCc3ccccc3C(F)(F)F)nn2)cc1. The maximum atomic E-state index is 13.0. The summed E-state index contributed by atoms with van der Waals surface area (Å²) in [6, 6.07) is 12.7. The zero-order valence-corrected chi connectivity index (χ0v) is 14.5. The Hall–Kier alpha value is -3.16. The summed E-state index contributed by atoms with van der Waals surface area (Å²) < 4.78 is 40.4. The fourth-order valence-electron chi connectivity index (χ4n) is 2.60. The van der Waals surface area contributed by atoms with Crippen LogP contribution >= 0.6 is 0 Å². The number of rotatable bonds is 5. The van der Waals surface area contributed by atoms with Gasteiger partial charge in [0.15, 0.2) is 5.69 Å². The highest BCUT2D eigenvalue weighted by molar-refractivity contribution is 5.91.